The number of halogens is 1. The number of rotatable bonds is 6. The van der Waals surface area contributed by atoms with Crippen molar-refractivity contribution in [3.8, 4) is 22.8 Å². The Hall–Kier alpha value is -3.45. The molecule has 8 heteroatoms. The van der Waals surface area contributed by atoms with Gasteiger partial charge in [0.15, 0.2) is 0 Å². The molecule has 3 rings (SSSR count). The minimum atomic E-state index is -0.493. The lowest BCUT2D eigenvalue weighted by molar-refractivity contribution is 0.0950. The van der Waals surface area contributed by atoms with Crippen molar-refractivity contribution >= 4 is 23.7 Å². The van der Waals surface area contributed by atoms with Crippen LogP contribution in [0.3, 0.4) is 0 Å². The summed E-state index contributed by atoms with van der Waals surface area (Å²) < 4.78 is 10.4. The van der Waals surface area contributed by atoms with Crippen molar-refractivity contribution in [2.24, 2.45) is 5.10 Å². The number of hydrazone groups is 1. The van der Waals surface area contributed by atoms with Crippen LogP contribution < -0.4 is 14.9 Å². The van der Waals surface area contributed by atoms with Crippen LogP contribution in [0.1, 0.15) is 16.1 Å². The minimum Gasteiger partial charge on any atom is -0.497 e. The van der Waals surface area contributed by atoms with E-state index < -0.39 is 5.91 Å². The zero-order valence-electron chi connectivity index (χ0n) is 15.2. The third-order valence-corrected chi connectivity index (χ3v) is 4.10. The van der Waals surface area contributed by atoms with Gasteiger partial charge in [-0.25, -0.2) is 10.4 Å². The van der Waals surface area contributed by atoms with E-state index in [0.717, 1.165) is 0 Å². The van der Waals surface area contributed by atoms with Crippen LogP contribution in [0.15, 0.2) is 60.0 Å². The average molecular weight is 397 g/mol. The molecule has 3 aromatic rings. The number of aromatic nitrogens is 2. The Balaban J connectivity index is 1.75. The van der Waals surface area contributed by atoms with Gasteiger partial charge >= 0.3 is 0 Å². The van der Waals surface area contributed by atoms with E-state index >= 15 is 0 Å². The summed E-state index contributed by atoms with van der Waals surface area (Å²) in [4.78, 5) is 20.7. The molecular weight excluding hydrogens is 380 g/mol. The molecule has 1 N–H and O–H groups in total. The standard InChI is InChI=1S/C20H17ClN4O3/c1-27-14-7-13(8-15(9-14)28-2)10-23-25-20(26)19-12-22-11-18(24-19)16-5-3-4-6-17(16)21/h3-12H,1-2H3,(H,25,26). The fourth-order valence-electron chi connectivity index (χ4n) is 2.40. The predicted octanol–water partition coefficient (Wildman–Crippen LogP) is 3.58. The van der Waals surface area contributed by atoms with Gasteiger partial charge in [0.2, 0.25) is 0 Å². The van der Waals surface area contributed by atoms with Gasteiger partial charge in [-0.15, -0.1) is 0 Å². The first-order valence-electron chi connectivity index (χ1n) is 8.24. The Kier molecular flexibility index (Phi) is 6.18. The third kappa shape index (κ3) is 4.63. The molecule has 1 aromatic heterocycles. The van der Waals surface area contributed by atoms with Gasteiger partial charge in [0, 0.05) is 17.2 Å². The number of benzene rings is 2. The molecule has 1 heterocycles. The van der Waals surface area contributed by atoms with Crippen LogP contribution >= 0.6 is 11.6 Å². The summed E-state index contributed by atoms with van der Waals surface area (Å²) >= 11 is 6.18. The summed E-state index contributed by atoms with van der Waals surface area (Å²) in [5.41, 5.74) is 4.45. The molecule has 0 saturated heterocycles. The van der Waals surface area contributed by atoms with E-state index in [4.69, 9.17) is 21.1 Å². The van der Waals surface area contributed by atoms with Crippen LogP contribution in [0.5, 0.6) is 11.5 Å². The molecule has 0 saturated carbocycles. The lowest BCUT2D eigenvalue weighted by atomic mass is 10.1. The Morgan fingerprint density at radius 3 is 2.50 bits per heavy atom. The molecular formula is C20H17ClN4O3. The second-order valence-corrected chi connectivity index (χ2v) is 6.02. The number of ether oxygens (including phenoxy) is 2. The van der Waals surface area contributed by atoms with Gasteiger partial charge < -0.3 is 9.47 Å². The summed E-state index contributed by atoms with van der Waals surface area (Å²) in [7, 11) is 3.12. The molecule has 0 radical (unpaired) electrons. The van der Waals surface area contributed by atoms with Crippen LogP contribution in [0.4, 0.5) is 0 Å². The molecule has 0 spiro atoms. The first kappa shape index (κ1) is 19.3. The molecule has 1 amide bonds. The Bertz CT molecular complexity index is 1000. The largest absolute Gasteiger partial charge is 0.497 e. The molecule has 142 valence electrons. The molecule has 0 fully saturated rings. The van der Waals surface area contributed by atoms with Gasteiger partial charge in [-0.3, -0.25) is 9.78 Å². The highest BCUT2D eigenvalue weighted by molar-refractivity contribution is 6.33. The molecule has 2 aromatic carbocycles. The number of methoxy groups -OCH3 is 2. The Morgan fingerprint density at radius 2 is 1.82 bits per heavy atom. The number of nitrogens with one attached hydrogen (secondary N) is 1. The number of carbonyl (C=O) groups excluding carboxylic acids is 1. The number of hydrogen-bond acceptors (Lipinski definition) is 6. The normalized spacial score (nSPS) is 10.7. The maximum atomic E-state index is 12.3. The van der Waals surface area contributed by atoms with Crippen molar-refractivity contribution in [2.75, 3.05) is 14.2 Å². The molecule has 0 bridgehead atoms. The summed E-state index contributed by atoms with van der Waals surface area (Å²) in [6.07, 6.45) is 4.39. The lowest BCUT2D eigenvalue weighted by Gasteiger charge is -2.06. The van der Waals surface area contributed by atoms with Gasteiger partial charge in [-0.05, 0) is 18.2 Å². The van der Waals surface area contributed by atoms with E-state index in [1.807, 2.05) is 18.2 Å². The van der Waals surface area contributed by atoms with Gasteiger partial charge in [-0.1, -0.05) is 29.8 Å². The van der Waals surface area contributed by atoms with E-state index in [1.165, 1.54) is 12.4 Å². The fourth-order valence-corrected chi connectivity index (χ4v) is 2.63. The fraction of sp³-hybridized carbons (Fsp3) is 0.100. The second kappa shape index (κ2) is 8.96. The van der Waals surface area contributed by atoms with Gasteiger partial charge in [0.05, 0.1) is 43.5 Å². The van der Waals surface area contributed by atoms with E-state index in [1.54, 1.807) is 44.7 Å². The smallest absolute Gasteiger partial charge is 0.291 e. The van der Waals surface area contributed by atoms with Crippen LogP contribution in [-0.4, -0.2) is 36.3 Å². The highest BCUT2D eigenvalue weighted by Crippen LogP contribution is 2.25. The topological polar surface area (TPSA) is 85.7 Å². The van der Waals surface area contributed by atoms with E-state index in [-0.39, 0.29) is 5.69 Å². The van der Waals surface area contributed by atoms with Crippen LogP contribution in [-0.2, 0) is 0 Å². The second-order valence-electron chi connectivity index (χ2n) is 5.61. The predicted molar refractivity (Wildman–Crippen MR) is 107 cm³/mol. The molecule has 0 unspecified atom stereocenters. The number of hydrogen-bond donors (Lipinski definition) is 1. The molecule has 28 heavy (non-hydrogen) atoms. The first-order chi connectivity index (χ1) is 13.6. The van der Waals surface area contributed by atoms with Crippen molar-refractivity contribution in [3.05, 3.63) is 71.1 Å². The van der Waals surface area contributed by atoms with Gasteiger partial charge in [0.25, 0.3) is 5.91 Å². The third-order valence-electron chi connectivity index (χ3n) is 3.77. The number of carbonyl (C=O) groups is 1. The van der Waals surface area contributed by atoms with E-state index in [9.17, 15) is 4.79 Å². The van der Waals surface area contributed by atoms with E-state index in [2.05, 4.69) is 20.5 Å². The van der Waals surface area contributed by atoms with E-state index in [0.29, 0.717) is 33.3 Å². The first-order valence-corrected chi connectivity index (χ1v) is 8.62. The minimum absolute atomic E-state index is 0.123. The Morgan fingerprint density at radius 1 is 1.11 bits per heavy atom. The Labute approximate surface area is 167 Å². The maximum Gasteiger partial charge on any atom is 0.291 e. The number of nitrogens with zero attached hydrogens (tertiary/aromatic N) is 3. The van der Waals surface area contributed by atoms with Gasteiger partial charge in [0.1, 0.15) is 17.2 Å². The van der Waals surface area contributed by atoms with Crippen LogP contribution in [0, 0.1) is 0 Å². The SMILES string of the molecule is COc1cc(C=NNC(=O)c2cncc(-c3ccccc3Cl)n2)cc(OC)c1. The van der Waals surface area contributed by atoms with Crippen molar-refractivity contribution < 1.29 is 14.3 Å². The summed E-state index contributed by atoms with van der Waals surface area (Å²) in [5.74, 6) is 0.739. The number of amides is 1. The molecule has 0 atom stereocenters. The highest BCUT2D eigenvalue weighted by atomic mass is 35.5. The maximum absolute atomic E-state index is 12.3. The molecule has 0 aliphatic heterocycles. The van der Waals surface area contributed by atoms with Crippen molar-refractivity contribution in [1.82, 2.24) is 15.4 Å². The van der Waals surface area contributed by atoms with Crippen LogP contribution in [0.2, 0.25) is 5.02 Å². The highest BCUT2D eigenvalue weighted by Gasteiger charge is 2.11. The zero-order chi connectivity index (χ0) is 19.9. The zero-order valence-corrected chi connectivity index (χ0v) is 16.0. The molecule has 0 aliphatic rings. The molecule has 7 nitrogen and oxygen atoms in total. The lowest BCUT2D eigenvalue weighted by Crippen LogP contribution is -2.19. The summed E-state index contributed by atoms with van der Waals surface area (Å²) in [6.45, 7) is 0. The van der Waals surface area contributed by atoms with Crippen LogP contribution in [0.25, 0.3) is 11.3 Å². The summed E-state index contributed by atoms with van der Waals surface area (Å²) in [6, 6.07) is 12.5. The average Bonchev–Trinajstić information content (AvgIpc) is 2.73. The molecule has 0 aliphatic carbocycles. The van der Waals surface area contributed by atoms with Crippen molar-refractivity contribution in [3.63, 3.8) is 0 Å². The monoisotopic (exact) mass is 396 g/mol. The van der Waals surface area contributed by atoms with Gasteiger partial charge in [-0.2, -0.15) is 5.10 Å². The quantitative estimate of drug-likeness (QED) is 0.508. The summed E-state index contributed by atoms with van der Waals surface area (Å²) in [5, 5.41) is 4.49. The van der Waals surface area contributed by atoms with Crippen molar-refractivity contribution in [2.45, 2.75) is 0 Å². The van der Waals surface area contributed by atoms with Crippen molar-refractivity contribution in [1.29, 1.82) is 0 Å².